The Morgan fingerprint density at radius 1 is 1.25 bits per heavy atom. The third-order valence-electron chi connectivity index (χ3n) is 4.45. The molecule has 2 atom stereocenters. The van der Waals surface area contributed by atoms with Gasteiger partial charge in [0.25, 0.3) is 0 Å². The second kappa shape index (κ2) is 6.21. The first-order valence-electron chi connectivity index (χ1n) is 7.47. The SMILES string of the molecule is CCC(CC)C1CC(=O)NC(=O)C1c1cccc(C)c1. The van der Waals surface area contributed by atoms with Crippen molar-refractivity contribution < 1.29 is 9.59 Å². The minimum atomic E-state index is -0.197. The van der Waals surface area contributed by atoms with Gasteiger partial charge >= 0.3 is 0 Å². The van der Waals surface area contributed by atoms with E-state index in [-0.39, 0.29) is 23.7 Å². The number of rotatable bonds is 4. The molecule has 3 heteroatoms. The number of piperidine rings is 1. The molecule has 3 nitrogen and oxygen atoms in total. The lowest BCUT2D eigenvalue weighted by Gasteiger charge is -2.35. The van der Waals surface area contributed by atoms with Gasteiger partial charge in [-0.15, -0.1) is 0 Å². The van der Waals surface area contributed by atoms with Crippen LogP contribution in [0.1, 0.15) is 50.2 Å². The number of carbonyl (C=O) groups is 2. The third-order valence-corrected chi connectivity index (χ3v) is 4.45. The van der Waals surface area contributed by atoms with Gasteiger partial charge in [-0.1, -0.05) is 56.5 Å². The van der Waals surface area contributed by atoms with Gasteiger partial charge in [-0.25, -0.2) is 0 Å². The zero-order chi connectivity index (χ0) is 14.7. The van der Waals surface area contributed by atoms with Gasteiger partial charge in [0.15, 0.2) is 0 Å². The lowest BCUT2D eigenvalue weighted by molar-refractivity contribution is -0.137. The van der Waals surface area contributed by atoms with Gasteiger partial charge in [-0.3, -0.25) is 14.9 Å². The van der Waals surface area contributed by atoms with Crippen molar-refractivity contribution in [2.24, 2.45) is 11.8 Å². The van der Waals surface area contributed by atoms with Crippen molar-refractivity contribution in [2.45, 2.75) is 46.0 Å². The first-order valence-corrected chi connectivity index (χ1v) is 7.47. The molecule has 1 fully saturated rings. The van der Waals surface area contributed by atoms with Crippen LogP contribution in [0.5, 0.6) is 0 Å². The summed E-state index contributed by atoms with van der Waals surface area (Å²) in [6.45, 7) is 6.30. The molecule has 2 rings (SSSR count). The number of benzene rings is 1. The second-order valence-electron chi connectivity index (χ2n) is 5.75. The minimum absolute atomic E-state index is 0.119. The number of imide groups is 1. The third kappa shape index (κ3) is 2.92. The van der Waals surface area contributed by atoms with Crippen LogP contribution in [0.2, 0.25) is 0 Å². The van der Waals surface area contributed by atoms with Gasteiger partial charge in [-0.05, 0) is 24.3 Å². The van der Waals surface area contributed by atoms with Crippen LogP contribution in [0.4, 0.5) is 0 Å². The van der Waals surface area contributed by atoms with E-state index in [1.165, 1.54) is 0 Å². The van der Waals surface area contributed by atoms with Crippen molar-refractivity contribution in [1.29, 1.82) is 0 Å². The number of aryl methyl sites for hydroxylation is 1. The topological polar surface area (TPSA) is 46.2 Å². The fraction of sp³-hybridized carbons (Fsp3) is 0.529. The number of carbonyl (C=O) groups excluding carboxylic acids is 2. The summed E-state index contributed by atoms with van der Waals surface area (Å²) in [4.78, 5) is 24.1. The van der Waals surface area contributed by atoms with Crippen LogP contribution < -0.4 is 5.32 Å². The van der Waals surface area contributed by atoms with Crippen LogP contribution >= 0.6 is 0 Å². The largest absolute Gasteiger partial charge is 0.296 e. The maximum atomic E-state index is 12.3. The summed E-state index contributed by atoms with van der Waals surface area (Å²) in [5.74, 6) is 0.0700. The molecular weight excluding hydrogens is 250 g/mol. The molecule has 0 spiro atoms. The summed E-state index contributed by atoms with van der Waals surface area (Å²) < 4.78 is 0. The highest BCUT2D eigenvalue weighted by Crippen LogP contribution is 2.38. The summed E-state index contributed by atoms with van der Waals surface area (Å²) in [5.41, 5.74) is 2.18. The highest BCUT2D eigenvalue weighted by atomic mass is 16.2. The smallest absolute Gasteiger partial charge is 0.234 e. The molecule has 1 aromatic carbocycles. The average Bonchev–Trinajstić information content (AvgIpc) is 2.39. The molecule has 2 unspecified atom stereocenters. The molecule has 0 radical (unpaired) electrons. The molecule has 1 N–H and O–H groups in total. The van der Waals surface area contributed by atoms with Gasteiger partial charge in [-0.2, -0.15) is 0 Å². The lowest BCUT2D eigenvalue weighted by atomic mass is 9.71. The zero-order valence-electron chi connectivity index (χ0n) is 12.5. The van der Waals surface area contributed by atoms with Crippen LogP contribution in [-0.4, -0.2) is 11.8 Å². The van der Waals surface area contributed by atoms with E-state index in [0.717, 1.165) is 24.0 Å². The van der Waals surface area contributed by atoms with Crippen molar-refractivity contribution in [3.63, 3.8) is 0 Å². The monoisotopic (exact) mass is 273 g/mol. The fourth-order valence-corrected chi connectivity index (χ4v) is 3.39. The maximum Gasteiger partial charge on any atom is 0.234 e. The molecule has 1 aromatic rings. The quantitative estimate of drug-likeness (QED) is 0.856. The van der Waals surface area contributed by atoms with E-state index in [9.17, 15) is 9.59 Å². The van der Waals surface area contributed by atoms with Gasteiger partial charge in [0.05, 0.1) is 5.92 Å². The maximum absolute atomic E-state index is 12.3. The second-order valence-corrected chi connectivity index (χ2v) is 5.75. The summed E-state index contributed by atoms with van der Waals surface area (Å²) in [6, 6.07) is 8.08. The Hall–Kier alpha value is -1.64. The van der Waals surface area contributed by atoms with Gasteiger partial charge in [0.1, 0.15) is 0 Å². The lowest BCUT2D eigenvalue weighted by Crippen LogP contribution is -2.46. The molecule has 0 saturated carbocycles. The predicted octanol–water partition coefficient (Wildman–Crippen LogP) is 3.18. The summed E-state index contributed by atoms with van der Waals surface area (Å²) in [6.07, 6.45) is 2.46. The van der Waals surface area contributed by atoms with E-state index in [1.807, 2.05) is 25.1 Å². The first kappa shape index (κ1) is 14.8. The molecule has 0 aliphatic carbocycles. The minimum Gasteiger partial charge on any atom is -0.296 e. The molecule has 20 heavy (non-hydrogen) atoms. The Morgan fingerprint density at radius 3 is 2.55 bits per heavy atom. The van der Waals surface area contributed by atoms with Gasteiger partial charge < -0.3 is 0 Å². The van der Waals surface area contributed by atoms with Crippen LogP contribution in [0.3, 0.4) is 0 Å². The highest BCUT2D eigenvalue weighted by Gasteiger charge is 2.39. The van der Waals surface area contributed by atoms with E-state index >= 15 is 0 Å². The standard InChI is InChI=1S/C17H23NO2/c1-4-12(5-2)14-10-15(19)18-17(20)16(14)13-8-6-7-11(3)9-13/h6-9,12,14,16H,4-5,10H2,1-3H3,(H,18,19,20). The zero-order valence-corrected chi connectivity index (χ0v) is 12.5. The van der Waals surface area contributed by atoms with Crippen molar-refractivity contribution in [3.05, 3.63) is 35.4 Å². The number of nitrogens with one attached hydrogen (secondary N) is 1. The average molecular weight is 273 g/mol. The fourth-order valence-electron chi connectivity index (χ4n) is 3.39. The van der Waals surface area contributed by atoms with E-state index in [4.69, 9.17) is 0 Å². The molecule has 0 aromatic heterocycles. The van der Waals surface area contributed by atoms with Crippen LogP contribution in [0.15, 0.2) is 24.3 Å². The van der Waals surface area contributed by atoms with Crippen molar-refractivity contribution >= 4 is 11.8 Å². The van der Waals surface area contributed by atoms with Crippen LogP contribution in [0, 0.1) is 18.8 Å². The molecule has 1 saturated heterocycles. The molecule has 1 aliphatic heterocycles. The van der Waals surface area contributed by atoms with Crippen LogP contribution in [0.25, 0.3) is 0 Å². The Bertz CT molecular complexity index is 505. The summed E-state index contributed by atoms with van der Waals surface area (Å²) in [7, 11) is 0. The Labute approximate surface area is 120 Å². The van der Waals surface area contributed by atoms with Crippen molar-refractivity contribution in [3.8, 4) is 0 Å². The van der Waals surface area contributed by atoms with E-state index in [0.29, 0.717) is 12.3 Å². The Kier molecular flexibility index (Phi) is 4.58. The van der Waals surface area contributed by atoms with Crippen molar-refractivity contribution in [1.82, 2.24) is 5.32 Å². The van der Waals surface area contributed by atoms with Gasteiger partial charge in [0, 0.05) is 6.42 Å². The predicted molar refractivity (Wildman–Crippen MR) is 79.2 cm³/mol. The first-order chi connectivity index (χ1) is 9.56. The van der Waals surface area contributed by atoms with E-state index < -0.39 is 0 Å². The summed E-state index contributed by atoms with van der Waals surface area (Å²) >= 11 is 0. The van der Waals surface area contributed by atoms with Crippen LogP contribution in [-0.2, 0) is 9.59 Å². The highest BCUT2D eigenvalue weighted by molar-refractivity contribution is 6.01. The Morgan fingerprint density at radius 2 is 1.95 bits per heavy atom. The number of hydrogen-bond donors (Lipinski definition) is 1. The molecule has 1 heterocycles. The molecule has 1 aliphatic rings. The van der Waals surface area contributed by atoms with Gasteiger partial charge in [0.2, 0.25) is 11.8 Å². The number of amides is 2. The Balaban J connectivity index is 2.39. The molecule has 108 valence electrons. The molecule has 2 amide bonds. The normalized spacial score (nSPS) is 23.0. The van der Waals surface area contributed by atoms with E-state index in [1.54, 1.807) is 0 Å². The molecular formula is C17H23NO2. The summed E-state index contributed by atoms with van der Waals surface area (Å²) in [5, 5.41) is 2.50. The number of hydrogen-bond acceptors (Lipinski definition) is 2. The van der Waals surface area contributed by atoms with Crippen molar-refractivity contribution in [2.75, 3.05) is 0 Å². The van der Waals surface area contributed by atoms with E-state index in [2.05, 4.69) is 25.2 Å². The molecule has 0 bridgehead atoms.